The number of ether oxygens (including phenoxy) is 2. The molecule has 104 valence electrons. The van der Waals surface area contributed by atoms with Gasteiger partial charge in [-0.05, 0) is 12.1 Å². The van der Waals surface area contributed by atoms with E-state index in [-0.39, 0.29) is 11.6 Å². The summed E-state index contributed by atoms with van der Waals surface area (Å²) in [5.41, 5.74) is 1.60. The van der Waals surface area contributed by atoms with Crippen LogP contribution in [0.2, 0.25) is 0 Å². The van der Waals surface area contributed by atoms with E-state index in [1.54, 1.807) is 36.4 Å². The van der Waals surface area contributed by atoms with Crippen molar-refractivity contribution in [2.75, 3.05) is 13.2 Å². The van der Waals surface area contributed by atoms with E-state index in [2.05, 4.69) is 0 Å². The number of hydrogen-bond acceptors (Lipinski definition) is 4. The highest BCUT2D eigenvalue weighted by molar-refractivity contribution is 6.29. The lowest BCUT2D eigenvalue weighted by Crippen LogP contribution is -2.21. The Kier molecular flexibility index (Phi) is 2.57. The van der Waals surface area contributed by atoms with E-state index in [4.69, 9.17) is 9.47 Å². The van der Waals surface area contributed by atoms with Crippen molar-refractivity contribution in [3.63, 3.8) is 0 Å². The zero-order valence-electron chi connectivity index (χ0n) is 11.2. The molecule has 0 unspecified atom stereocenters. The quantitative estimate of drug-likeness (QED) is 0.635. The third kappa shape index (κ3) is 1.69. The monoisotopic (exact) mass is 280 g/mol. The Morgan fingerprint density at radius 3 is 2.29 bits per heavy atom. The Hall–Kier alpha value is -2.62. The fraction of sp³-hybridized carbons (Fsp3) is 0.176. The van der Waals surface area contributed by atoms with Crippen LogP contribution in [0.25, 0.3) is 0 Å². The molecule has 0 fully saturated rings. The molecule has 4 nitrogen and oxygen atoms in total. The standard InChI is InChI=1S/C17H12O4/c18-15-10-4-1-2-5-11(10)16(19)14-12(15)6-7-13-17(14)21-9-3-8-20-13/h1-2,4-7H,3,8-9H2. The molecule has 4 heteroatoms. The summed E-state index contributed by atoms with van der Waals surface area (Å²) in [6.07, 6.45) is 0.752. The number of fused-ring (bicyclic) bond motifs is 4. The summed E-state index contributed by atoms with van der Waals surface area (Å²) < 4.78 is 11.3. The minimum Gasteiger partial charge on any atom is -0.490 e. The number of carbonyl (C=O) groups excluding carboxylic acids is 2. The molecule has 0 atom stereocenters. The van der Waals surface area contributed by atoms with Gasteiger partial charge in [0.05, 0.1) is 18.8 Å². The van der Waals surface area contributed by atoms with Gasteiger partial charge in [-0.2, -0.15) is 0 Å². The van der Waals surface area contributed by atoms with E-state index in [1.165, 1.54) is 0 Å². The van der Waals surface area contributed by atoms with Gasteiger partial charge in [0.1, 0.15) is 0 Å². The number of hydrogen-bond donors (Lipinski definition) is 0. The van der Waals surface area contributed by atoms with Gasteiger partial charge in [-0.15, -0.1) is 0 Å². The lowest BCUT2D eigenvalue weighted by molar-refractivity contribution is 0.0975. The highest BCUT2D eigenvalue weighted by Crippen LogP contribution is 2.40. The fourth-order valence-corrected chi connectivity index (χ4v) is 2.81. The molecule has 0 saturated heterocycles. The zero-order valence-corrected chi connectivity index (χ0v) is 11.2. The van der Waals surface area contributed by atoms with Gasteiger partial charge in [0.15, 0.2) is 23.1 Å². The van der Waals surface area contributed by atoms with Crippen LogP contribution in [0.3, 0.4) is 0 Å². The Labute approximate surface area is 121 Å². The van der Waals surface area contributed by atoms with E-state index in [0.717, 1.165) is 6.42 Å². The van der Waals surface area contributed by atoms with Crippen LogP contribution >= 0.6 is 0 Å². The summed E-state index contributed by atoms with van der Waals surface area (Å²) in [4.78, 5) is 25.3. The molecule has 0 saturated carbocycles. The van der Waals surface area contributed by atoms with Crippen molar-refractivity contribution in [3.8, 4) is 11.5 Å². The highest BCUT2D eigenvalue weighted by atomic mass is 16.5. The van der Waals surface area contributed by atoms with E-state index in [0.29, 0.717) is 47.0 Å². The summed E-state index contributed by atoms with van der Waals surface area (Å²) in [7, 11) is 0. The third-order valence-electron chi connectivity index (χ3n) is 3.80. The summed E-state index contributed by atoms with van der Waals surface area (Å²) in [5.74, 6) is 0.614. The molecule has 0 radical (unpaired) electrons. The number of benzene rings is 2. The van der Waals surface area contributed by atoms with Gasteiger partial charge in [-0.1, -0.05) is 24.3 Å². The summed E-state index contributed by atoms with van der Waals surface area (Å²) in [6, 6.07) is 10.2. The second-order valence-corrected chi connectivity index (χ2v) is 5.07. The van der Waals surface area contributed by atoms with Crippen molar-refractivity contribution >= 4 is 11.6 Å². The third-order valence-corrected chi connectivity index (χ3v) is 3.80. The van der Waals surface area contributed by atoms with Crippen molar-refractivity contribution in [2.45, 2.75) is 6.42 Å². The summed E-state index contributed by atoms with van der Waals surface area (Å²) in [6.45, 7) is 1.02. The van der Waals surface area contributed by atoms with Crippen LogP contribution in [0.5, 0.6) is 11.5 Å². The molecule has 21 heavy (non-hydrogen) atoms. The molecule has 1 aliphatic heterocycles. The minimum absolute atomic E-state index is 0.143. The van der Waals surface area contributed by atoms with Crippen molar-refractivity contribution in [3.05, 3.63) is 58.7 Å². The van der Waals surface area contributed by atoms with Crippen molar-refractivity contribution in [1.82, 2.24) is 0 Å². The van der Waals surface area contributed by atoms with E-state index >= 15 is 0 Å². The maximum Gasteiger partial charge on any atom is 0.198 e. The summed E-state index contributed by atoms with van der Waals surface area (Å²) >= 11 is 0. The van der Waals surface area contributed by atoms with E-state index in [9.17, 15) is 9.59 Å². The maximum absolute atomic E-state index is 12.7. The molecular formula is C17H12O4. The molecule has 2 aromatic carbocycles. The first-order valence-electron chi connectivity index (χ1n) is 6.88. The molecule has 1 heterocycles. The lowest BCUT2D eigenvalue weighted by Gasteiger charge is -2.20. The van der Waals surface area contributed by atoms with Gasteiger partial charge in [0.2, 0.25) is 0 Å². The van der Waals surface area contributed by atoms with Crippen LogP contribution in [0.1, 0.15) is 38.3 Å². The summed E-state index contributed by atoms with van der Waals surface area (Å²) in [5, 5.41) is 0. The van der Waals surface area contributed by atoms with Crippen molar-refractivity contribution in [1.29, 1.82) is 0 Å². The first-order chi connectivity index (χ1) is 10.3. The zero-order chi connectivity index (χ0) is 14.4. The minimum atomic E-state index is -0.178. The van der Waals surface area contributed by atoms with Crippen LogP contribution in [0, 0.1) is 0 Å². The molecule has 2 aliphatic rings. The Bertz CT molecular complexity index is 776. The highest BCUT2D eigenvalue weighted by Gasteiger charge is 2.34. The van der Waals surface area contributed by atoms with Gasteiger partial charge in [-0.25, -0.2) is 0 Å². The van der Waals surface area contributed by atoms with Gasteiger partial charge in [-0.3, -0.25) is 9.59 Å². The smallest absolute Gasteiger partial charge is 0.198 e. The van der Waals surface area contributed by atoms with E-state index < -0.39 is 0 Å². The molecule has 0 spiro atoms. The predicted octanol–water partition coefficient (Wildman–Crippen LogP) is 2.62. The fourth-order valence-electron chi connectivity index (χ4n) is 2.81. The molecule has 2 aromatic rings. The van der Waals surface area contributed by atoms with Crippen LogP contribution in [-0.2, 0) is 0 Å². The Balaban J connectivity index is 1.99. The molecule has 4 rings (SSSR count). The average molecular weight is 280 g/mol. The number of carbonyl (C=O) groups is 2. The Morgan fingerprint density at radius 1 is 0.762 bits per heavy atom. The number of ketones is 2. The second kappa shape index (κ2) is 4.45. The van der Waals surface area contributed by atoms with Crippen molar-refractivity contribution in [2.24, 2.45) is 0 Å². The second-order valence-electron chi connectivity index (χ2n) is 5.07. The normalized spacial score (nSPS) is 16.0. The first-order valence-corrected chi connectivity index (χ1v) is 6.88. The van der Waals surface area contributed by atoms with Crippen LogP contribution in [-0.4, -0.2) is 24.8 Å². The molecule has 0 amide bonds. The van der Waals surface area contributed by atoms with Gasteiger partial charge in [0.25, 0.3) is 0 Å². The van der Waals surface area contributed by atoms with Gasteiger partial charge in [0, 0.05) is 23.1 Å². The topological polar surface area (TPSA) is 52.6 Å². The van der Waals surface area contributed by atoms with E-state index in [1.807, 2.05) is 0 Å². The Morgan fingerprint density at radius 2 is 1.48 bits per heavy atom. The predicted molar refractivity (Wildman–Crippen MR) is 75.4 cm³/mol. The molecule has 0 aromatic heterocycles. The van der Waals surface area contributed by atoms with Crippen LogP contribution in [0.15, 0.2) is 36.4 Å². The largest absolute Gasteiger partial charge is 0.490 e. The van der Waals surface area contributed by atoms with Crippen molar-refractivity contribution < 1.29 is 19.1 Å². The molecular weight excluding hydrogens is 268 g/mol. The lowest BCUT2D eigenvalue weighted by atomic mass is 9.83. The van der Waals surface area contributed by atoms with Crippen LogP contribution in [0.4, 0.5) is 0 Å². The molecule has 0 bridgehead atoms. The molecule has 1 aliphatic carbocycles. The maximum atomic E-state index is 12.7. The van der Waals surface area contributed by atoms with Gasteiger partial charge >= 0.3 is 0 Å². The number of rotatable bonds is 0. The average Bonchev–Trinajstić information content (AvgIpc) is 2.77. The van der Waals surface area contributed by atoms with Crippen LogP contribution < -0.4 is 9.47 Å². The SMILES string of the molecule is O=C1c2ccccc2C(=O)c2c1ccc1c2OCCCO1. The first kappa shape index (κ1) is 12.1. The van der Waals surface area contributed by atoms with Gasteiger partial charge < -0.3 is 9.47 Å². The molecule has 0 N–H and O–H groups in total.